The largest absolute Gasteiger partial charge is 0.288 e. The highest BCUT2D eigenvalue weighted by atomic mass is 35.5. The fourth-order valence-electron chi connectivity index (χ4n) is 2.74. The topological polar surface area (TPSA) is 30.0 Å². The van der Waals surface area contributed by atoms with E-state index in [-0.39, 0.29) is 5.78 Å². The number of ketones is 1. The fraction of sp³-hybridized carbons (Fsp3) is 0. The molecule has 0 amide bonds. The van der Waals surface area contributed by atoms with Gasteiger partial charge in [0.05, 0.1) is 25.8 Å². The molecular formula is C22H13Cl2NOS. The van der Waals surface area contributed by atoms with E-state index >= 15 is 0 Å². The average Bonchev–Trinajstić information content (AvgIpc) is 3.13. The number of nitrogens with zero attached hydrogens (tertiary/aromatic N) is 1. The SMILES string of the molecule is O=C(C(=Cc1cccc(Cl)c1Cl)c1nc2ccccc2s1)c1ccccc1. The zero-order valence-corrected chi connectivity index (χ0v) is 16.4. The molecule has 0 aliphatic rings. The minimum absolute atomic E-state index is 0.106. The van der Waals surface area contributed by atoms with Crippen LogP contribution in [0.25, 0.3) is 21.9 Å². The van der Waals surface area contributed by atoms with Crippen molar-refractivity contribution in [3.63, 3.8) is 0 Å². The Balaban J connectivity index is 1.90. The number of carbonyl (C=O) groups is 1. The van der Waals surface area contributed by atoms with Gasteiger partial charge in [0.2, 0.25) is 0 Å². The summed E-state index contributed by atoms with van der Waals surface area (Å²) in [6.45, 7) is 0. The van der Waals surface area contributed by atoms with Gasteiger partial charge >= 0.3 is 0 Å². The first kappa shape index (κ1) is 17.9. The molecule has 27 heavy (non-hydrogen) atoms. The van der Waals surface area contributed by atoms with Gasteiger partial charge in [0.15, 0.2) is 5.78 Å². The second kappa shape index (κ2) is 7.65. The van der Waals surface area contributed by atoms with Crippen molar-refractivity contribution in [3.05, 3.63) is 99.0 Å². The molecule has 0 N–H and O–H groups in total. The van der Waals surface area contributed by atoms with Crippen LogP contribution in [0.4, 0.5) is 0 Å². The predicted octanol–water partition coefficient (Wildman–Crippen LogP) is 7.03. The summed E-state index contributed by atoms with van der Waals surface area (Å²) in [6.07, 6.45) is 1.77. The summed E-state index contributed by atoms with van der Waals surface area (Å²) < 4.78 is 1.02. The first-order valence-corrected chi connectivity index (χ1v) is 9.82. The normalized spacial score (nSPS) is 11.7. The van der Waals surface area contributed by atoms with E-state index in [9.17, 15) is 4.79 Å². The third-order valence-electron chi connectivity index (χ3n) is 4.09. The molecule has 0 radical (unpaired) electrons. The van der Waals surface area contributed by atoms with E-state index in [1.54, 1.807) is 24.3 Å². The zero-order chi connectivity index (χ0) is 18.8. The van der Waals surface area contributed by atoms with E-state index in [0.29, 0.717) is 31.8 Å². The van der Waals surface area contributed by atoms with Crippen LogP contribution < -0.4 is 0 Å². The van der Waals surface area contributed by atoms with Crippen molar-refractivity contribution in [1.29, 1.82) is 0 Å². The molecule has 0 saturated carbocycles. The minimum Gasteiger partial charge on any atom is -0.288 e. The van der Waals surface area contributed by atoms with Crippen LogP contribution in [0.5, 0.6) is 0 Å². The number of halogens is 2. The van der Waals surface area contributed by atoms with Gasteiger partial charge in [0.25, 0.3) is 0 Å². The summed E-state index contributed by atoms with van der Waals surface area (Å²) in [5.74, 6) is -0.106. The molecule has 132 valence electrons. The molecule has 0 fully saturated rings. The molecule has 5 heteroatoms. The number of rotatable bonds is 4. The highest BCUT2D eigenvalue weighted by molar-refractivity contribution is 7.20. The molecule has 0 saturated heterocycles. The number of Topliss-reactive ketones (excluding diaryl/α,β-unsaturated/α-hetero) is 1. The van der Waals surface area contributed by atoms with Gasteiger partial charge in [-0.2, -0.15) is 0 Å². The first-order valence-electron chi connectivity index (χ1n) is 8.25. The van der Waals surface area contributed by atoms with Gasteiger partial charge in [-0.05, 0) is 29.8 Å². The predicted molar refractivity (Wildman–Crippen MR) is 115 cm³/mol. The quantitative estimate of drug-likeness (QED) is 0.267. The number of fused-ring (bicyclic) bond motifs is 1. The third-order valence-corrected chi connectivity index (χ3v) is 5.99. The number of hydrogen-bond donors (Lipinski definition) is 0. The molecule has 0 aliphatic heterocycles. The lowest BCUT2D eigenvalue weighted by Gasteiger charge is -2.06. The standard InChI is InChI=1S/C22H13Cl2NOS/c23-17-10-6-9-15(20(17)24)13-16(21(26)14-7-2-1-3-8-14)22-25-18-11-4-5-12-19(18)27-22/h1-13H. The molecule has 1 heterocycles. The highest BCUT2D eigenvalue weighted by Gasteiger charge is 2.19. The summed E-state index contributed by atoms with van der Waals surface area (Å²) in [5.41, 5.74) is 2.64. The van der Waals surface area contributed by atoms with Crippen LogP contribution in [-0.4, -0.2) is 10.8 Å². The second-order valence-corrected chi connectivity index (χ2v) is 7.70. The van der Waals surface area contributed by atoms with E-state index in [4.69, 9.17) is 23.2 Å². The molecule has 0 spiro atoms. The Morgan fingerprint density at radius 3 is 2.41 bits per heavy atom. The Bertz CT molecular complexity index is 1130. The van der Waals surface area contributed by atoms with E-state index in [1.165, 1.54) is 11.3 Å². The Kier molecular flexibility index (Phi) is 5.08. The summed E-state index contributed by atoms with van der Waals surface area (Å²) in [6, 6.07) is 22.3. The number of aromatic nitrogens is 1. The Morgan fingerprint density at radius 1 is 0.889 bits per heavy atom. The van der Waals surface area contributed by atoms with Crippen molar-refractivity contribution in [3.8, 4) is 0 Å². The van der Waals surface area contributed by atoms with Crippen LogP contribution in [0.1, 0.15) is 20.9 Å². The maximum atomic E-state index is 13.2. The van der Waals surface area contributed by atoms with Crippen molar-refractivity contribution in [2.45, 2.75) is 0 Å². The fourth-order valence-corrected chi connectivity index (χ4v) is 4.09. The lowest BCUT2D eigenvalue weighted by molar-refractivity contribution is 0.105. The van der Waals surface area contributed by atoms with Crippen molar-refractivity contribution < 1.29 is 4.79 Å². The van der Waals surface area contributed by atoms with Crippen molar-refractivity contribution in [2.75, 3.05) is 0 Å². The van der Waals surface area contributed by atoms with Crippen LogP contribution in [0.2, 0.25) is 10.0 Å². The van der Waals surface area contributed by atoms with E-state index in [1.807, 2.05) is 54.6 Å². The third kappa shape index (κ3) is 3.67. The van der Waals surface area contributed by atoms with Crippen LogP contribution in [0.15, 0.2) is 72.8 Å². The minimum atomic E-state index is -0.106. The lowest BCUT2D eigenvalue weighted by Crippen LogP contribution is -2.02. The van der Waals surface area contributed by atoms with Gasteiger partial charge in [-0.1, -0.05) is 77.8 Å². The lowest BCUT2D eigenvalue weighted by atomic mass is 10.0. The van der Waals surface area contributed by atoms with Gasteiger partial charge in [0.1, 0.15) is 5.01 Å². The van der Waals surface area contributed by atoms with Gasteiger partial charge < -0.3 is 0 Å². The maximum Gasteiger partial charge on any atom is 0.196 e. The monoisotopic (exact) mass is 409 g/mol. The molecule has 0 unspecified atom stereocenters. The van der Waals surface area contributed by atoms with Crippen molar-refractivity contribution in [2.24, 2.45) is 0 Å². The summed E-state index contributed by atoms with van der Waals surface area (Å²) in [5, 5.41) is 1.51. The number of hydrogen-bond acceptors (Lipinski definition) is 3. The molecule has 0 atom stereocenters. The number of thiazole rings is 1. The second-order valence-electron chi connectivity index (χ2n) is 5.88. The van der Waals surface area contributed by atoms with Crippen LogP contribution in [0, 0.1) is 0 Å². The maximum absolute atomic E-state index is 13.2. The molecule has 4 aromatic rings. The highest BCUT2D eigenvalue weighted by Crippen LogP contribution is 2.33. The first-order chi connectivity index (χ1) is 13.1. The van der Waals surface area contributed by atoms with Gasteiger partial charge in [-0.15, -0.1) is 11.3 Å². The number of para-hydroxylation sites is 1. The molecule has 4 rings (SSSR count). The van der Waals surface area contributed by atoms with Crippen LogP contribution in [0.3, 0.4) is 0 Å². The summed E-state index contributed by atoms with van der Waals surface area (Å²) in [7, 11) is 0. The molecule has 3 aromatic carbocycles. The van der Waals surface area contributed by atoms with Crippen molar-refractivity contribution >= 4 is 62.2 Å². The summed E-state index contributed by atoms with van der Waals surface area (Å²) >= 11 is 14.0. The Labute approximate surface area is 170 Å². The molecule has 0 aliphatic carbocycles. The van der Waals surface area contributed by atoms with Crippen molar-refractivity contribution in [1.82, 2.24) is 4.98 Å². The number of benzene rings is 3. The van der Waals surface area contributed by atoms with Gasteiger partial charge in [-0.25, -0.2) is 4.98 Å². The molecular weight excluding hydrogens is 397 g/mol. The number of allylic oxidation sites excluding steroid dienone is 1. The molecule has 1 aromatic heterocycles. The zero-order valence-electron chi connectivity index (χ0n) is 14.0. The van der Waals surface area contributed by atoms with Crippen LogP contribution >= 0.6 is 34.5 Å². The smallest absolute Gasteiger partial charge is 0.196 e. The molecule has 2 nitrogen and oxygen atoms in total. The Hall–Kier alpha value is -2.46. The van der Waals surface area contributed by atoms with Gasteiger partial charge in [0, 0.05) is 5.56 Å². The van der Waals surface area contributed by atoms with E-state index in [0.717, 1.165) is 10.2 Å². The molecule has 0 bridgehead atoms. The number of carbonyl (C=O) groups excluding carboxylic acids is 1. The van der Waals surface area contributed by atoms with E-state index in [2.05, 4.69) is 4.98 Å². The average molecular weight is 410 g/mol. The van der Waals surface area contributed by atoms with Crippen LogP contribution in [-0.2, 0) is 0 Å². The summed E-state index contributed by atoms with van der Waals surface area (Å²) in [4.78, 5) is 17.9. The van der Waals surface area contributed by atoms with Gasteiger partial charge in [-0.3, -0.25) is 4.79 Å². The van der Waals surface area contributed by atoms with E-state index < -0.39 is 0 Å². The Morgan fingerprint density at radius 2 is 1.63 bits per heavy atom.